The molecule has 2 nitrogen and oxygen atoms in total. The Labute approximate surface area is 72.6 Å². The number of nitrogens with zero attached hydrogens (tertiary/aromatic N) is 2. The highest BCUT2D eigenvalue weighted by atomic mass is 19.4. The first-order valence-corrected chi connectivity index (χ1v) is 3.43. The summed E-state index contributed by atoms with van der Waals surface area (Å²) >= 11 is 0. The van der Waals surface area contributed by atoms with Crippen molar-refractivity contribution in [1.29, 1.82) is 5.26 Å². The molecule has 0 N–H and O–H groups in total. The van der Waals surface area contributed by atoms with Crippen LogP contribution in [0, 0.1) is 11.3 Å². The van der Waals surface area contributed by atoms with Crippen LogP contribution in [0.3, 0.4) is 0 Å². The molecule has 0 bridgehead atoms. The maximum Gasteiger partial charge on any atom is 0.433 e. The number of nitriles is 1. The molecule has 0 saturated carbocycles. The van der Waals surface area contributed by atoms with Crippen molar-refractivity contribution < 1.29 is 13.2 Å². The fourth-order valence-electron chi connectivity index (χ4n) is 0.922. The third-order valence-electron chi connectivity index (χ3n) is 1.43. The predicted octanol–water partition coefficient (Wildman–Crippen LogP) is 2.17. The van der Waals surface area contributed by atoms with E-state index in [1.807, 2.05) is 0 Å². The molecule has 5 heteroatoms. The second kappa shape index (κ2) is 3.44. The van der Waals surface area contributed by atoms with E-state index in [9.17, 15) is 13.2 Å². The molecule has 1 aromatic rings. The van der Waals surface area contributed by atoms with Crippen molar-refractivity contribution in [2.75, 3.05) is 0 Å². The Bertz CT molecular complexity index is 338. The van der Waals surface area contributed by atoms with Crippen LogP contribution < -0.4 is 0 Å². The average molecular weight is 186 g/mol. The van der Waals surface area contributed by atoms with E-state index < -0.39 is 11.9 Å². The van der Waals surface area contributed by atoms with Crippen molar-refractivity contribution in [2.24, 2.45) is 0 Å². The SMILES string of the molecule is N#CCc1cccnc1C(F)(F)F. The standard InChI is InChI=1S/C8H5F3N2/c9-8(10,11)7-6(3-4-12)2-1-5-13-7/h1-2,5H,3H2. The summed E-state index contributed by atoms with van der Waals surface area (Å²) in [4.78, 5) is 3.19. The Kier molecular flexibility index (Phi) is 2.52. The largest absolute Gasteiger partial charge is 0.433 e. The molecule has 0 aromatic carbocycles. The lowest BCUT2D eigenvalue weighted by Gasteiger charge is -2.08. The van der Waals surface area contributed by atoms with Crippen molar-refractivity contribution in [3.8, 4) is 6.07 Å². The normalized spacial score (nSPS) is 10.9. The van der Waals surface area contributed by atoms with Crippen LogP contribution in [0.1, 0.15) is 11.3 Å². The van der Waals surface area contributed by atoms with E-state index in [1.54, 1.807) is 6.07 Å². The molecule has 1 heterocycles. The zero-order chi connectivity index (χ0) is 9.90. The molecular weight excluding hydrogens is 181 g/mol. The molecule has 1 aromatic heterocycles. The molecule has 0 spiro atoms. The number of aromatic nitrogens is 1. The van der Waals surface area contributed by atoms with Crippen molar-refractivity contribution in [3.05, 3.63) is 29.6 Å². The van der Waals surface area contributed by atoms with Gasteiger partial charge in [-0.15, -0.1) is 0 Å². The smallest absolute Gasteiger partial charge is 0.251 e. The monoisotopic (exact) mass is 186 g/mol. The van der Waals surface area contributed by atoms with Gasteiger partial charge in [0.2, 0.25) is 0 Å². The van der Waals surface area contributed by atoms with Crippen LogP contribution >= 0.6 is 0 Å². The van der Waals surface area contributed by atoms with Gasteiger partial charge in [-0.2, -0.15) is 18.4 Å². The number of pyridine rings is 1. The summed E-state index contributed by atoms with van der Waals surface area (Å²) in [5, 5.41) is 8.26. The molecule has 0 aliphatic heterocycles. The molecular formula is C8H5F3N2. The molecule has 13 heavy (non-hydrogen) atoms. The lowest BCUT2D eigenvalue weighted by atomic mass is 10.1. The van der Waals surface area contributed by atoms with Gasteiger partial charge in [0.05, 0.1) is 12.5 Å². The highest BCUT2D eigenvalue weighted by molar-refractivity contribution is 5.24. The molecule has 0 saturated heterocycles. The molecule has 68 valence electrons. The topological polar surface area (TPSA) is 36.7 Å². The lowest BCUT2D eigenvalue weighted by Crippen LogP contribution is -2.11. The molecule has 0 unspecified atom stereocenters. The van der Waals surface area contributed by atoms with Gasteiger partial charge < -0.3 is 0 Å². The van der Waals surface area contributed by atoms with Crippen LogP contribution in [0.4, 0.5) is 13.2 Å². The Balaban J connectivity index is 3.14. The first-order chi connectivity index (χ1) is 6.05. The van der Waals surface area contributed by atoms with Gasteiger partial charge in [0.15, 0.2) is 0 Å². The summed E-state index contributed by atoms with van der Waals surface area (Å²) in [6, 6.07) is 4.28. The van der Waals surface area contributed by atoms with E-state index in [2.05, 4.69) is 4.98 Å². The van der Waals surface area contributed by atoms with Gasteiger partial charge in [0.1, 0.15) is 5.69 Å². The molecule has 0 aliphatic rings. The van der Waals surface area contributed by atoms with E-state index in [0.29, 0.717) is 0 Å². The van der Waals surface area contributed by atoms with Gasteiger partial charge in [-0.3, -0.25) is 4.98 Å². The lowest BCUT2D eigenvalue weighted by molar-refractivity contribution is -0.141. The number of rotatable bonds is 1. The summed E-state index contributed by atoms with van der Waals surface area (Å²) in [5.41, 5.74) is -1.06. The van der Waals surface area contributed by atoms with Gasteiger partial charge >= 0.3 is 6.18 Å². The van der Waals surface area contributed by atoms with Crippen LogP contribution in [-0.4, -0.2) is 4.98 Å². The van der Waals surface area contributed by atoms with E-state index in [4.69, 9.17) is 5.26 Å². The summed E-state index contributed by atoms with van der Waals surface area (Å²) in [6.45, 7) is 0. The van der Waals surface area contributed by atoms with Gasteiger partial charge in [0, 0.05) is 6.20 Å². The minimum Gasteiger partial charge on any atom is -0.251 e. The first-order valence-electron chi connectivity index (χ1n) is 3.43. The maximum atomic E-state index is 12.2. The molecule has 0 fully saturated rings. The first kappa shape index (κ1) is 9.52. The number of hydrogen-bond donors (Lipinski definition) is 0. The van der Waals surface area contributed by atoms with Crippen LogP contribution in [0.5, 0.6) is 0 Å². The fraction of sp³-hybridized carbons (Fsp3) is 0.250. The summed E-state index contributed by atoms with van der Waals surface area (Å²) in [5.74, 6) is 0. The maximum absolute atomic E-state index is 12.2. The van der Waals surface area contributed by atoms with Crippen molar-refractivity contribution in [3.63, 3.8) is 0 Å². The predicted molar refractivity (Wildman–Crippen MR) is 38.6 cm³/mol. The highest BCUT2D eigenvalue weighted by Crippen LogP contribution is 2.29. The Morgan fingerprint density at radius 1 is 1.46 bits per heavy atom. The minimum atomic E-state index is -4.48. The quantitative estimate of drug-likeness (QED) is 0.673. The van der Waals surface area contributed by atoms with E-state index in [0.717, 1.165) is 6.20 Å². The van der Waals surface area contributed by atoms with Crippen LogP contribution in [0.2, 0.25) is 0 Å². The van der Waals surface area contributed by atoms with E-state index in [1.165, 1.54) is 12.1 Å². The zero-order valence-electron chi connectivity index (χ0n) is 6.47. The number of hydrogen-bond acceptors (Lipinski definition) is 2. The van der Waals surface area contributed by atoms with Gasteiger partial charge in [0.25, 0.3) is 0 Å². The molecule has 1 rings (SSSR count). The van der Waals surface area contributed by atoms with Gasteiger partial charge in [-0.05, 0) is 11.6 Å². The van der Waals surface area contributed by atoms with Gasteiger partial charge in [-0.1, -0.05) is 6.07 Å². The highest BCUT2D eigenvalue weighted by Gasteiger charge is 2.34. The second-order valence-corrected chi connectivity index (χ2v) is 2.34. The van der Waals surface area contributed by atoms with E-state index >= 15 is 0 Å². The number of halogens is 3. The fourth-order valence-corrected chi connectivity index (χ4v) is 0.922. The average Bonchev–Trinajstić information content (AvgIpc) is 2.04. The Morgan fingerprint density at radius 2 is 2.15 bits per heavy atom. The summed E-state index contributed by atoms with van der Waals surface area (Å²) in [6.07, 6.45) is -3.69. The Morgan fingerprint density at radius 3 is 2.69 bits per heavy atom. The third kappa shape index (κ3) is 2.18. The molecule has 0 aliphatic carbocycles. The van der Waals surface area contributed by atoms with E-state index in [-0.39, 0.29) is 12.0 Å². The molecule has 0 radical (unpaired) electrons. The Hall–Kier alpha value is -1.57. The van der Waals surface area contributed by atoms with Crippen LogP contribution in [0.15, 0.2) is 18.3 Å². The zero-order valence-corrected chi connectivity index (χ0v) is 6.47. The molecule has 0 amide bonds. The number of alkyl halides is 3. The second-order valence-electron chi connectivity index (χ2n) is 2.34. The minimum absolute atomic E-state index is 0.0856. The van der Waals surface area contributed by atoms with Crippen LogP contribution in [0.25, 0.3) is 0 Å². The third-order valence-corrected chi connectivity index (χ3v) is 1.43. The van der Waals surface area contributed by atoms with Crippen LogP contribution in [-0.2, 0) is 12.6 Å². The van der Waals surface area contributed by atoms with Crippen molar-refractivity contribution in [1.82, 2.24) is 4.98 Å². The summed E-state index contributed by atoms with van der Waals surface area (Å²) in [7, 11) is 0. The van der Waals surface area contributed by atoms with Crippen molar-refractivity contribution >= 4 is 0 Å². The van der Waals surface area contributed by atoms with Crippen molar-refractivity contribution in [2.45, 2.75) is 12.6 Å². The van der Waals surface area contributed by atoms with Gasteiger partial charge in [-0.25, -0.2) is 0 Å². The summed E-state index contributed by atoms with van der Waals surface area (Å²) < 4.78 is 36.6. The molecule has 0 atom stereocenters.